The van der Waals surface area contributed by atoms with Crippen LogP contribution in [0.5, 0.6) is 0 Å². The third kappa shape index (κ3) is 2.27. The van der Waals surface area contributed by atoms with Gasteiger partial charge in [-0.2, -0.15) is 5.10 Å². The van der Waals surface area contributed by atoms with Crippen molar-refractivity contribution in [3.63, 3.8) is 0 Å². The number of aromatic nitrogens is 2. The molecular weight excluding hydrogens is 322 g/mol. The van der Waals surface area contributed by atoms with E-state index in [9.17, 15) is 4.79 Å². The smallest absolute Gasteiger partial charge is 0.187 e. The van der Waals surface area contributed by atoms with Crippen molar-refractivity contribution in [2.75, 3.05) is 0 Å². The van der Waals surface area contributed by atoms with Crippen LogP contribution in [0.4, 0.5) is 5.69 Å². The highest BCUT2D eigenvalue weighted by Crippen LogP contribution is 2.52. The summed E-state index contributed by atoms with van der Waals surface area (Å²) in [4.78, 5) is 16.9. The lowest BCUT2D eigenvalue weighted by atomic mass is 9.58. The second-order valence-electron chi connectivity index (χ2n) is 8.55. The highest BCUT2D eigenvalue weighted by molar-refractivity contribution is 6.01. The molecule has 1 heterocycles. The number of carbonyl (C=O) groups excluding carboxylic acids is 1. The summed E-state index contributed by atoms with van der Waals surface area (Å²) in [5.74, 6) is 0.234. The molecule has 0 fully saturated rings. The van der Waals surface area contributed by atoms with Crippen molar-refractivity contribution in [1.82, 2.24) is 10.2 Å². The maximum atomic E-state index is 13.3. The number of carbonyl (C=O) groups is 1. The van der Waals surface area contributed by atoms with Crippen LogP contribution in [0.1, 0.15) is 56.1 Å². The quantitative estimate of drug-likeness (QED) is 0.754. The number of hydrogen-bond donors (Lipinski definition) is 1. The van der Waals surface area contributed by atoms with E-state index in [-0.39, 0.29) is 11.2 Å². The Morgan fingerprint density at radius 1 is 1.23 bits per heavy atom. The number of aromatic amines is 1. The lowest BCUT2D eigenvalue weighted by molar-refractivity contribution is -0.118. The highest BCUT2D eigenvalue weighted by Gasteiger charge is 2.48. The summed E-state index contributed by atoms with van der Waals surface area (Å²) in [5.41, 5.74) is 6.29. The molecule has 1 atom stereocenters. The molecule has 4 heteroatoms. The van der Waals surface area contributed by atoms with Gasteiger partial charge in [0.1, 0.15) is 0 Å². The van der Waals surface area contributed by atoms with Gasteiger partial charge in [-0.1, -0.05) is 43.7 Å². The lowest BCUT2D eigenvalue weighted by Gasteiger charge is -2.43. The van der Waals surface area contributed by atoms with E-state index in [1.807, 2.05) is 31.2 Å². The Hall–Kier alpha value is -2.67. The van der Waals surface area contributed by atoms with Gasteiger partial charge in [0.15, 0.2) is 11.5 Å². The minimum absolute atomic E-state index is 0.0158. The van der Waals surface area contributed by atoms with Gasteiger partial charge in [0.25, 0.3) is 0 Å². The fourth-order valence-electron chi connectivity index (χ4n) is 5.01. The monoisotopic (exact) mass is 345 g/mol. The molecule has 0 amide bonds. The number of aryl methyl sites for hydroxylation is 1. The molecule has 1 aromatic carbocycles. The number of ketones is 1. The van der Waals surface area contributed by atoms with Crippen molar-refractivity contribution in [2.45, 2.75) is 52.4 Å². The predicted molar refractivity (Wildman–Crippen MR) is 101 cm³/mol. The Balaban J connectivity index is 2.03. The molecule has 0 saturated heterocycles. The Kier molecular flexibility index (Phi) is 3.49. The molecule has 1 aromatic heterocycles. The first kappa shape index (κ1) is 16.8. The Bertz CT molecular complexity index is 1000. The third-order valence-electron chi connectivity index (χ3n) is 5.92. The molecule has 0 aliphatic heterocycles. The average Bonchev–Trinajstić information content (AvgIpc) is 2.94. The van der Waals surface area contributed by atoms with Crippen LogP contribution in [0, 0.1) is 18.9 Å². The molecule has 132 valence electrons. The molecular formula is C22H23N3O. The fraction of sp³-hybridized carbons (Fsp3) is 0.409. The Labute approximate surface area is 154 Å². The zero-order valence-electron chi connectivity index (χ0n) is 15.7. The summed E-state index contributed by atoms with van der Waals surface area (Å²) in [5, 5.41) is 7.68. The summed E-state index contributed by atoms with van der Waals surface area (Å²) in [7, 11) is 0. The van der Waals surface area contributed by atoms with Gasteiger partial charge in [-0.3, -0.25) is 9.89 Å². The van der Waals surface area contributed by atoms with Crippen molar-refractivity contribution in [2.24, 2.45) is 5.41 Å². The molecule has 26 heavy (non-hydrogen) atoms. The molecule has 2 aliphatic carbocycles. The predicted octanol–water partition coefficient (Wildman–Crippen LogP) is 4.82. The van der Waals surface area contributed by atoms with Crippen molar-refractivity contribution in [1.29, 1.82) is 0 Å². The summed E-state index contributed by atoms with van der Waals surface area (Å²) < 4.78 is 0. The van der Waals surface area contributed by atoms with Crippen molar-refractivity contribution < 1.29 is 4.79 Å². The number of Topliss-reactive ketones (excluding diaryl/α,β-unsaturated/α-hetero) is 1. The minimum atomic E-state index is -0.561. The van der Waals surface area contributed by atoms with Crippen molar-refractivity contribution >= 4 is 11.5 Å². The zero-order chi connectivity index (χ0) is 18.7. The minimum Gasteiger partial charge on any atom is -0.294 e. The number of H-pyrrole nitrogens is 1. The summed E-state index contributed by atoms with van der Waals surface area (Å²) in [6, 6.07) is 7.68. The topological polar surface area (TPSA) is 50.1 Å². The highest BCUT2D eigenvalue weighted by atomic mass is 16.1. The van der Waals surface area contributed by atoms with E-state index in [4.69, 9.17) is 6.57 Å². The van der Waals surface area contributed by atoms with Gasteiger partial charge in [0, 0.05) is 35.1 Å². The fourth-order valence-corrected chi connectivity index (χ4v) is 5.01. The second-order valence-corrected chi connectivity index (χ2v) is 8.55. The number of hydrogen-bond acceptors (Lipinski definition) is 2. The Morgan fingerprint density at radius 2 is 2.00 bits per heavy atom. The number of allylic oxidation sites excluding steroid dienone is 2. The third-order valence-corrected chi connectivity index (χ3v) is 5.92. The molecule has 1 unspecified atom stereocenters. The van der Waals surface area contributed by atoms with E-state index in [0.717, 1.165) is 40.9 Å². The largest absolute Gasteiger partial charge is 0.294 e. The van der Waals surface area contributed by atoms with Crippen LogP contribution in [-0.4, -0.2) is 16.0 Å². The van der Waals surface area contributed by atoms with E-state index < -0.39 is 5.41 Å². The van der Waals surface area contributed by atoms with Crippen LogP contribution in [0.15, 0.2) is 35.4 Å². The summed E-state index contributed by atoms with van der Waals surface area (Å²) in [6.45, 7) is 15.9. The average molecular weight is 345 g/mol. The van der Waals surface area contributed by atoms with Crippen molar-refractivity contribution in [3.8, 4) is 0 Å². The van der Waals surface area contributed by atoms with Crippen LogP contribution < -0.4 is 0 Å². The lowest BCUT2D eigenvalue weighted by Crippen LogP contribution is -2.41. The summed E-state index contributed by atoms with van der Waals surface area (Å²) in [6.07, 6.45) is 2.22. The van der Waals surface area contributed by atoms with Gasteiger partial charge in [0.2, 0.25) is 0 Å². The number of fused-ring (bicyclic) bond motifs is 1. The van der Waals surface area contributed by atoms with Gasteiger partial charge < -0.3 is 0 Å². The van der Waals surface area contributed by atoms with Gasteiger partial charge in [-0.15, -0.1) is 0 Å². The van der Waals surface area contributed by atoms with Crippen LogP contribution in [0.3, 0.4) is 0 Å². The normalized spacial score (nSPS) is 24.0. The number of rotatable bonds is 1. The Morgan fingerprint density at radius 3 is 2.73 bits per heavy atom. The second kappa shape index (κ2) is 5.41. The maximum Gasteiger partial charge on any atom is 0.187 e. The maximum absolute atomic E-state index is 13.3. The number of nitrogens with zero attached hydrogens (tertiary/aromatic N) is 2. The molecule has 0 bridgehead atoms. The summed E-state index contributed by atoms with van der Waals surface area (Å²) >= 11 is 0. The molecule has 2 aromatic rings. The molecule has 1 N–H and O–H groups in total. The van der Waals surface area contributed by atoms with E-state index in [0.29, 0.717) is 12.1 Å². The van der Waals surface area contributed by atoms with Crippen LogP contribution in [0.25, 0.3) is 4.85 Å². The first-order valence-electron chi connectivity index (χ1n) is 9.04. The zero-order valence-corrected chi connectivity index (χ0v) is 15.7. The molecule has 0 spiro atoms. The van der Waals surface area contributed by atoms with E-state index in [1.165, 1.54) is 5.57 Å². The SMILES string of the molecule is [C-]#[N+]c1cccc(C2(C)C3=C(Cc4n[nH]c(C)c42)CC(C)(C)CC3=O)c1. The van der Waals surface area contributed by atoms with Crippen LogP contribution in [0.2, 0.25) is 0 Å². The van der Waals surface area contributed by atoms with Crippen LogP contribution in [-0.2, 0) is 16.6 Å². The first-order chi connectivity index (χ1) is 12.3. The van der Waals surface area contributed by atoms with E-state index in [1.54, 1.807) is 0 Å². The van der Waals surface area contributed by atoms with E-state index >= 15 is 0 Å². The number of benzene rings is 1. The van der Waals surface area contributed by atoms with Gasteiger partial charge in [-0.25, -0.2) is 4.85 Å². The number of nitrogens with one attached hydrogen (secondary N) is 1. The molecule has 0 saturated carbocycles. The molecule has 4 nitrogen and oxygen atoms in total. The van der Waals surface area contributed by atoms with Gasteiger partial charge in [0.05, 0.1) is 12.3 Å². The first-order valence-corrected chi connectivity index (χ1v) is 9.04. The van der Waals surface area contributed by atoms with Crippen LogP contribution >= 0.6 is 0 Å². The molecule has 4 rings (SSSR count). The van der Waals surface area contributed by atoms with Gasteiger partial charge in [-0.05, 0) is 31.2 Å². The molecule has 2 aliphatic rings. The van der Waals surface area contributed by atoms with E-state index in [2.05, 4.69) is 35.8 Å². The standard InChI is InChI=1S/C22H23N3O/c1-13-19-17(25-24-13)9-14-11-21(2,3)12-18(26)20(14)22(19,4)15-7-6-8-16(10-15)23-5/h6-8,10H,9,11-12H2,1-4H3,(H,24,25). The van der Waals surface area contributed by atoms with Crippen molar-refractivity contribution in [3.05, 3.63) is 69.3 Å². The molecule has 0 radical (unpaired) electrons. The van der Waals surface area contributed by atoms with Gasteiger partial charge >= 0.3 is 0 Å².